The fraction of sp³-hybridized carbons (Fsp3) is 0.429. The van der Waals surface area contributed by atoms with Crippen LogP contribution in [0.2, 0.25) is 0 Å². The highest BCUT2D eigenvalue weighted by molar-refractivity contribution is 7.98. The van der Waals surface area contributed by atoms with Crippen LogP contribution in [0.4, 0.5) is 5.69 Å². The topological polar surface area (TPSA) is 51.0 Å². The van der Waals surface area contributed by atoms with E-state index in [4.69, 9.17) is 4.42 Å². The first-order chi connectivity index (χ1) is 9.31. The Labute approximate surface area is 118 Å². The van der Waals surface area contributed by atoms with Gasteiger partial charge in [-0.05, 0) is 55.5 Å². The molecule has 0 saturated carbocycles. The van der Waals surface area contributed by atoms with E-state index in [1.165, 1.54) is 36.2 Å². The quantitative estimate of drug-likeness (QED) is 0.784. The van der Waals surface area contributed by atoms with E-state index in [0.717, 1.165) is 12.1 Å². The summed E-state index contributed by atoms with van der Waals surface area (Å²) in [5.41, 5.74) is 3.33. The van der Waals surface area contributed by atoms with Crippen molar-refractivity contribution < 1.29 is 4.42 Å². The van der Waals surface area contributed by atoms with Crippen molar-refractivity contribution in [2.24, 2.45) is 0 Å². The molecule has 102 valence electrons. The predicted molar refractivity (Wildman–Crippen MR) is 80.6 cm³/mol. The van der Waals surface area contributed by atoms with E-state index in [9.17, 15) is 0 Å². The zero-order valence-corrected chi connectivity index (χ0v) is 12.2. The lowest BCUT2D eigenvalue weighted by molar-refractivity contribution is 0.568. The number of hydrogen-bond acceptors (Lipinski definition) is 5. The number of aromatic nitrogens is 2. The fourth-order valence-corrected chi connectivity index (χ4v) is 2.38. The minimum Gasteiger partial charge on any atom is -0.423 e. The Balaban J connectivity index is 1.92. The Morgan fingerprint density at radius 2 is 2.21 bits per heavy atom. The van der Waals surface area contributed by atoms with Crippen molar-refractivity contribution in [3.63, 3.8) is 0 Å². The second-order valence-corrected chi connectivity index (χ2v) is 5.39. The largest absolute Gasteiger partial charge is 0.423 e. The lowest BCUT2D eigenvalue weighted by Gasteiger charge is -2.10. The number of benzene rings is 1. The Hall–Kier alpha value is -1.49. The molecule has 0 radical (unpaired) electrons. The van der Waals surface area contributed by atoms with Gasteiger partial charge in [0.15, 0.2) is 0 Å². The van der Waals surface area contributed by atoms with E-state index < -0.39 is 0 Å². The lowest BCUT2D eigenvalue weighted by Crippen LogP contribution is -2.03. The number of unbranched alkanes of at least 4 members (excludes halogenated alkanes) is 1. The minimum atomic E-state index is 0.564. The smallest absolute Gasteiger partial charge is 0.247 e. The summed E-state index contributed by atoms with van der Waals surface area (Å²) in [4.78, 5) is 0. The van der Waals surface area contributed by atoms with Crippen LogP contribution in [0.1, 0.15) is 18.4 Å². The molecule has 0 aliphatic carbocycles. The van der Waals surface area contributed by atoms with Crippen LogP contribution in [0.5, 0.6) is 0 Å². The second-order valence-electron chi connectivity index (χ2n) is 4.40. The third-order valence-electron chi connectivity index (χ3n) is 2.92. The molecular formula is C14H19N3OS. The Bertz CT molecular complexity index is 499. The van der Waals surface area contributed by atoms with Gasteiger partial charge in [0, 0.05) is 17.8 Å². The van der Waals surface area contributed by atoms with Crippen LogP contribution in [0, 0.1) is 6.92 Å². The Kier molecular flexibility index (Phi) is 5.27. The van der Waals surface area contributed by atoms with Gasteiger partial charge < -0.3 is 9.73 Å². The van der Waals surface area contributed by atoms with Crippen LogP contribution >= 0.6 is 11.8 Å². The standard InChI is InChI=1S/C14H19N3OS/c1-11-9-12(14-17-16-10-18-14)5-6-13(11)15-7-3-4-8-19-2/h5-6,9-10,15H,3-4,7-8H2,1-2H3. The number of nitrogens with zero attached hydrogens (tertiary/aromatic N) is 2. The van der Waals surface area contributed by atoms with E-state index in [1.54, 1.807) is 0 Å². The molecule has 0 amide bonds. The molecule has 1 aromatic heterocycles. The molecular weight excluding hydrogens is 258 g/mol. The average molecular weight is 277 g/mol. The number of aryl methyl sites for hydroxylation is 1. The number of hydrogen-bond donors (Lipinski definition) is 1. The van der Waals surface area contributed by atoms with Crippen molar-refractivity contribution in [3.05, 3.63) is 30.2 Å². The lowest BCUT2D eigenvalue weighted by atomic mass is 10.1. The summed E-state index contributed by atoms with van der Waals surface area (Å²) in [5, 5.41) is 11.1. The summed E-state index contributed by atoms with van der Waals surface area (Å²) in [6, 6.07) is 6.14. The number of anilines is 1. The van der Waals surface area contributed by atoms with Crippen LogP contribution in [-0.2, 0) is 0 Å². The predicted octanol–water partition coefficient (Wildman–Crippen LogP) is 3.60. The van der Waals surface area contributed by atoms with Gasteiger partial charge in [0.05, 0.1) is 0 Å². The highest BCUT2D eigenvalue weighted by atomic mass is 32.2. The van der Waals surface area contributed by atoms with Gasteiger partial charge in [0.25, 0.3) is 0 Å². The molecule has 0 aliphatic heterocycles. The molecule has 5 heteroatoms. The first-order valence-electron chi connectivity index (χ1n) is 6.41. The van der Waals surface area contributed by atoms with Gasteiger partial charge in [0.1, 0.15) is 0 Å². The second kappa shape index (κ2) is 7.19. The fourth-order valence-electron chi connectivity index (χ4n) is 1.89. The first-order valence-corrected chi connectivity index (χ1v) is 7.80. The summed E-state index contributed by atoms with van der Waals surface area (Å²) in [7, 11) is 0. The van der Waals surface area contributed by atoms with Gasteiger partial charge in [-0.1, -0.05) is 0 Å². The van der Waals surface area contributed by atoms with Crippen LogP contribution in [0.3, 0.4) is 0 Å². The monoisotopic (exact) mass is 277 g/mol. The van der Waals surface area contributed by atoms with Gasteiger partial charge in [-0.25, -0.2) is 0 Å². The number of nitrogens with one attached hydrogen (secondary N) is 1. The van der Waals surface area contributed by atoms with Crippen molar-refractivity contribution >= 4 is 17.4 Å². The summed E-state index contributed by atoms with van der Waals surface area (Å²) in [6.45, 7) is 3.10. The molecule has 2 rings (SSSR count). The molecule has 0 unspecified atom stereocenters. The molecule has 0 fully saturated rings. The molecule has 1 N–H and O–H groups in total. The van der Waals surface area contributed by atoms with E-state index in [2.05, 4.69) is 40.8 Å². The minimum absolute atomic E-state index is 0.564. The maximum absolute atomic E-state index is 5.19. The van der Waals surface area contributed by atoms with E-state index >= 15 is 0 Å². The molecule has 0 atom stereocenters. The molecule has 0 saturated heterocycles. The van der Waals surface area contributed by atoms with Gasteiger partial charge >= 0.3 is 0 Å². The average Bonchev–Trinajstić information content (AvgIpc) is 2.94. The summed E-state index contributed by atoms with van der Waals surface area (Å²) in [5.74, 6) is 1.80. The molecule has 2 aromatic rings. The molecule has 0 aliphatic rings. The van der Waals surface area contributed by atoms with Crippen molar-refractivity contribution in [1.82, 2.24) is 10.2 Å². The Morgan fingerprint density at radius 1 is 1.32 bits per heavy atom. The van der Waals surface area contributed by atoms with Gasteiger partial charge in [-0.3, -0.25) is 0 Å². The normalized spacial score (nSPS) is 10.6. The van der Waals surface area contributed by atoms with Crippen LogP contribution in [0.15, 0.2) is 29.0 Å². The molecule has 1 heterocycles. The van der Waals surface area contributed by atoms with E-state index in [-0.39, 0.29) is 0 Å². The van der Waals surface area contributed by atoms with E-state index in [1.807, 2.05) is 17.8 Å². The number of thioether (sulfide) groups is 1. The van der Waals surface area contributed by atoms with Crippen LogP contribution < -0.4 is 5.32 Å². The molecule has 4 nitrogen and oxygen atoms in total. The molecule has 0 spiro atoms. The maximum atomic E-state index is 5.19. The number of rotatable bonds is 7. The Morgan fingerprint density at radius 3 is 2.89 bits per heavy atom. The summed E-state index contributed by atoms with van der Waals surface area (Å²) in [6.07, 6.45) is 5.95. The van der Waals surface area contributed by atoms with Crippen molar-refractivity contribution in [2.45, 2.75) is 19.8 Å². The third-order valence-corrected chi connectivity index (χ3v) is 3.62. The van der Waals surface area contributed by atoms with Gasteiger partial charge in [0.2, 0.25) is 12.3 Å². The van der Waals surface area contributed by atoms with Gasteiger partial charge in [-0.15, -0.1) is 10.2 Å². The third kappa shape index (κ3) is 3.99. The van der Waals surface area contributed by atoms with Crippen LogP contribution in [0.25, 0.3) is 11.5 Å². The first kappa shape index (κ1) is 13.9. The SMILES string of the molecule is CSCCCCNc1ccc(-c2nnco2)cc1C. The van der Waals surface area contributed by atoms with E-state index in [0.29, 0.717) is 5.89 Å². The molecule has 19 heavy (non-hydrogen) atoms. The van der Waals surface area contributed by atoms with Crippen molar-refractivity contribution in [2.75, 3.05) is 23.9 Å². The zero-order chi connectivity index (χ0) is 13.5. The maximum Gasteiger partial charge on any atom is 0.247 e. The highest BCUT2D eigenvalue weighted by Crippen LogP contribution is 2.23. The van der Waals surface area contributed by atoms with Gasteiger partial charge in [-0.2, -0.15) is 11.8 Å². The zero-order valence-electron chi connectivity index (χ0n) is 11.3. The van der Waals surface area contributed by atoms with Crippen molar-refractivity contribution in [1.29, 1.82) is 0 Å². The summed E-state index contributed by atoms with van der Waals surface area (Å²) < 4.78 is 5.19. The van der Waals surface area contributed by atoms with Crippen molar-refractivity contribution in [3.8, 4) is 11.5 Å². The molecule has 1 aromatic carbocycles. The highest BCUT2D eigenvalue weighted by Gasteiger charge is 2.05. The van der Waals surface area contributed by atoms with Crippen LogP contribution in [-0.4, -0.2) is 28.8 Å². The molecule has 0 bridgehead atoms. The summed E-state index contributed by atoms with van der Waals surface area (Å²) >= 11 is 1.90.